The number of benzene rings is 3. The molecule has 3 aromatic carbocycles. The minimum atomic E-state index is -0.133. The van der Waals surface area contributed by atoms with Crippen molar-refractivity contribution in [3.63, 3.8) is 0 Å². The van der Waals surface area contributed by atoms with Crippen molar-refractivity contribution < 1.29 is 14.6 Å². The number of rotatable bonds is 9. The molecular weight excluding hydrogens is 384 g/mol. The van der Waals surface area contributed by atoms with Gasteiger partial charge in [-0.1, -0.05) is 79.0 Å². The lowest BCUT2D eigenvalue weighted by atomic mass is 9.85. The molecule has 0 saturated heterocycles. The first-order valence-corrected chi connectivity index (χ1v) is 10.6. The van der Waals surface area contributed by atoms with Crippen LogP contribution in [0.25, 0.3) is 10.8 Å². The minimum Gasteiger partial charge on any atom is -0.507 e. The van der Waals surface area contributed by atoms with Crippen molar-refractivity contribution in [1.82, 2.24) is 0 Å². The second-order valence-corrected chi connectivity index (χ2v) is 7.62. The quantitative estimate of drug-likeness (QED) is 0.310. The maximum atomic E-state index is 11.5. The predicted octanol–water partition coefficient (Wildman–Crippen LogP) is 6.84. The highest BCUT2D eigenvalue weighted by atomic mass is 35.5. The highest BCUT2D eigenvalue weighted by Gasteiger charge is 2.20. The van der Waals surface area contributed by atoms with Crippen LogP contribution in [-0.4, -0.2) is 17.7 Å². The van der Waals surface area contributed by atoms with Gasteiger partial charge in [0.1, 0.15) is 5.75 Å². The molecule has 3 rings (SSSR count). The van der Waals surface area contributed by atoms with Gasteiger partial charge in [0, 0.05) is 33.7 Å². The molecule has 29 heavy (non-hydrogen) atoms. The molecule has 3 aromatic rings. The summed E-state index contributed by atoms with van der Waals surface area (Å²) >= 11 is 6.55. The summed E-state index contributed by atoms with van der Waals surface area (Å²) in [4.78, 5) is 11.5. The van der Waals surface area contributed by atoms with Gasteiger partial charge in [-0.2, -0.15) is 0 Å². The molecule has 0 saturated carbocycles. The largest absolute Gasteiger partial charge is 0.507 e. The van der Waals surface area contributed by atoms with Crippen LogP contribution in [0.15, 0.2) is 60.7 Å². The molecule has 0 bridgehead atoms. The van der Waals surface area contributed by atoms with Gasteiger partial charge in [0.15, 0.2) is 0 Å². The summed E-state index contributed by atoms with van der Waals surface area (Å²) in [5, 5.41) is 13.3. The molecule has 152 valence electrons. The van der Waals surface area contributed by atoms with Gasteiger partial charge in [0.25, 0.3) is 0 Å². The van der Waals surface area contributed by atoms with Crippen LogP contribution in [0.5, 0.6) is 5.75 Å². The number of halogens is 1. The number of phenols is 1. The van der Waals surface area contributed by atoms with Gasteiger partial charge in [-0.05, 0) is 31.4 Å². The second kappa shape index (κ2) is 10.3. The van der Waals surface area contributed by atoms with Crippen LogP contribution in [-0.2, 0) is 9.53 Å². The van der Waals surface area contributed by atoms with E-state index in [4.69, 9.17) is 16.3 Å². The van der Waals surface area contributed by atoms with Crippen LogP contribution in [0.1, 0.15) is 56.1 Å². The van der Waals surface area contributed by atoms with Crippen LogP contribution in [0, 0.1) is 0 Å². The van der Waals surface area contributed by atoms with E-state index >= 15 is 0 Å². The third-order valence-electron chi connectivity index (χ3n) is 5.25. The first kappa shape index (κ1) is 21.2. The Hall–Kier alpha value is -2.52. The zero-order chi connectivity index (χ0) is 20.6. The molecule has 0 radical (unpaired) electrons. The predicted molar refractivity (Wildman–Crippen MR) is 119 cm³/mol. The number of fused-ring (bicyclic) bond motifs is 1. The van der Waals surface area contributed by atoms with Crippen molar-refractivity contribution in [1.29, 1.82) is 0 Å². The van der Waals surface area contributed by atoms with Gasteiger partial charge in [0.2, 0.25) is 0 Å². The van der Waals surface area contributed by atoms with Crippen LogP contribution < -0.4 is 0 Å². The van der Waals surface area contributed by atoms with Crippen molar-refractivity contribution in [2.24, 2.45) is 0 Å². The number of aromatic hydroxyl groups is 1. The third-order valence-corrected chi connectivity index (χ3v) is 5.56. The van der Waals surface area contributed by atoms with Crippen molar-refractivity contribution in [3.8, 4) is 5.75 Å². The van der Waals surface area contributed by atoms with Crippen LogP contribution in [0.3, 0.4) is 0 Å². The van der Waals surface area contributed by atoms with Crippen LogP contribution in [0.2, 0.25) is 5.02 Å². The number of esters is 1. The zero-order valence-corrected chi connectivity index (χ0v) is 17.5. The van der Waals surface area contributed by atoms with E-state index in [0.717, 1.165) is 47.6 Å². The molecule has 4 heteroatoms. The summed E-state index contributed by atoms with van der Waals surface area (Å²) < 4.78 is 4.99. The summed E-state index contributed by atoms with van der Waals surface area (Å²) in [6.07, 6.45) is 4.02. The molecule has 0 aliphatic rings. The number of phenolic OH excluding ortho intramolecular Hbond substituents is 1. The monoisotopic (exact) mass is 410 g/mol. The van der Waals surface area contributed by atoms with E-state index in [-0.39, 0.29) is 11.9 Å². The molecule has 1 atom stereocenters. The minimum absolute atomic E-state index is 0.0425. The lowest BCUT2D eigenvalue weighted by Crippen LogP contribution is -2.04. The Morgan fingerprint density at radius 1 is 1.00 bits per heavy atom. The fraction of sp³-hybridized carbons (Fsp3) is 0.320. The number of carbonyl (C=O) groups is 1. The standard InChI is InChI=1S/C25H27ClO3/c1-2-29-24(27)16-8-4-7-13-19(18-11-5-3-6-12-18)22-17-23(26)20-14-9-10-15-21(20)25(22)28/h3,5-6,9-12,14-15,17,19,28H,2,4,7-8,13,16H2,1H3. The molecule has 0 amide bonds. The van der Waals surface area contributed by atoms with Crippen molar-refractivity contribution in [3.05, 3.63) is 76.8 Å². The van der Waals surface area contributed by atoms with Gasteiger partial charge in [-0.3, -0.25) is 4.79 Å². The lowest BCUT2D eigenvalue weighted by molar-refractivity contribution is -0.143. The van der Waals surface area contributed by atoms with Crippen LogP contribution in [0.4, 0.5) is 0 Å². The number of hydrogen-bond acceptors (Lipinski definition) is 3. The van der Waals surface area contributed by atoms with E-state index in [1.165, 1.54) is 0 Å². The summed E-state index contributed by atoms with van der Waals surface area (Å²) in [6, 6.07) is 19.8. The number of hydrogen-bond donors (Lipinski definition) is 1. The zero-order valence-electron chi connectivity index (χ0n) is 16.7. The van der Waals surface area contributed by atoms with Crippen molar-refractivity contribution in [2.75, 3.05) is 6.61 Å². The van der Waals surface area contributed by atoms with E-state index in [0.29, 0.717) is 23.8 Å². The first-order valence-electron chi connectivity index (χ1n) is 10.2. The molecule has 0 aliphatic carbocycles. The van der Waals surface area contributed by atoms with Gasteiger partial charge in [0.05, 0.1) is 6.61 Å². The van der Waals surface area contributed by atoms with Gasteiger partial charge in [-0.25, -0.2) is 0 Å². The van der Waals surface area contributed by atoms with E-state index in [2.05, 4.69) is 12.1 Å². The highest BCUT2D eigenvalue weighted by Crippen LogP contribution is 2.42. The van der Waals surface area contributed by atoms with Gasteiger partial charge in [-0.15, -0.1) is 0 Å². The maximum Gasteiger partial charge on any atom is 0.305 e. The summed E-state index contributed by atoms with van der Waals surface area (Å²) in [6.45, 7) is 2.25. The van der Waals surface area contributed by atoms with E-state index < -0.39 is 0 Å². The molecule has 0 heterocycles. The Bertz CT molecular complexity index is 953. The maximum absolute atomic E-state index is 11.5. The van der Waals surface area contributed by atoms with Crippen LogP contribution >= 0.6 is 11.6 Å². The Morgan fingerprint density at radius 2 is 1.69 bits per heavy atom. The second-order valence-electron chi connectivity index (χ2n) is 7.21. The average molecular weight is 411 g/mol. The number of carbonyl (C=O) groups excluding carboxylic acids is 1. The summed E-state index contributed by atoms with van der Waals surface area (Å²) in [5.74, 6) is 0.206. The summed E-state index contributed by atoms with van der Waals surface area (Å²) in [7, 11) is 0. The fourth-order valence-corrected chi connectivity index (χ4v) is 4.10. The topological polar surface area (TPSA) is 46.5 Å². The van der Waals surface area contributed by atoms with Gasteiger partial charge >= 0.3 is 5.97 Å². The fourth-order valence-electron chi connectivity index (χ4n) is 3.82. The average Bonchev–Trinajstić information content (AvgIpc) is 2.74. The normalized spacial score (nSPS) is 12.1. The number of ether oxygens (including phenoxy) is 1. The van der Waals surface area contributed by atoms with E-state index in [1.54, 1.807) is 0 Å². The molecule has 1 unspecified atom stereocenters. The molecule has 0 aromatic heterocycles. The Morgan fingerprint density at radius 3 is 2.41 bits per heavy atom. The van der Waals surface area contributed by atoms with E-state index in [9.17, 15) is 9.90 Å². The Kier molecular flexibility index (Phi) is 7.54. The lowest BCUT2D eigenvalue weighted by Gasteiger charge is -2.21. The third kappa shape index (κ3) is 5.30. The smallest absolute Gasteiger partial charge is 0.305 e. The molecule has 0 fully saturated rings. The number of unbranched alkanes of at least 4 members (excludes halogenated alkanes) is 2. The molecule has 0 spiro atoms. The van der Waals surface area contributed by atoms with Crippen molar-refractivity contribution in [2.45, 2.75) is 44.9 Å². The highest BCUT2D eigenvalue weighted by molar-refractivity contribution is 6.36. The Balaban J connectivity index is 1.81. The molecular formula is C25H27ClO3. The SMILES string of the molecule is CCOC(=O)CCCCCC(c1ccccc1)c1cc(Cl)c2ccccc2c1O. The van der Waals surface area contributed by atoms with Gasteiger partial charge < -0.3 is 9.84 Å². The molecule has 3 nitrogen and oxygen atoms in total. The summed E-state index contributed by atoms with van der Waals surface area (Å²) in [5.41, 5.74) is 2.00. The van der Waals surface area contributed by atoms with Crippen molar-refractivity contribution >= 4 is 28.3 Å². The first-order chi connectivity index (χ1) is 14.1. The molecule has 1 N–H and O–H groups in total. The molecule has 0 aliphatic heterocycles. The van der Waals surface area contributed by atoms with E-state index in [1.807, 2.05) is 55.5 Å². The Labute approximate surface area is 177 Å².